The van der Waals surface area contributed by atoms with Gasteiger partial charge < -0.3 is 5.11 Å². The zero-order valence-corrected chi connectivity index (χ0v) is 9.72. The van der Waals surface area contributed by atoms with E-state index < -0.39 is 0 Å². The normalized spacial score (nSPS) is 11.0. The molecule has 0 spiro atoms. The van der Waals surface area contributed by atoms with Gasteiger partial charge in [-0.2, -0.15) is 0 Å². The van der Waals surface area contributed by atoms with Crippen molar-refractivity contribution in [2.24, 2.45) is 0 Å². The predicted molar refractivity (Wildman–Crippen MR) is 64.4 cm³/mol. The maximum atomic E-state index is 10.8. The molecule has 1 aromatic carbocycles. The van der Waals surface area contributed by atoms with Gasteiger partial charge in [-0.25, -0.2) is 4.89 Å². The van der Waals surface area contributed by atoms with E-state index in [0.29, 0.717) is 6.42 Å². The number of aliphatic hydroxyl groups is 1. The number of carbonyl (C=O) groups excluding carboxylic acids is 1. The Kier molecular flexibility index (Phi) is 5.56. The highest BCUT2D eigenvalue weighted by atomic mass is 17.1. The molecule has 1 rings (SSSR count). The van der Waals surface area contributed by atoms with Gasteiger partial charge in [0.25, 0.3) is 0 Å². The summed E-state index contributed by atoms with van der Waals surface area (Å²) >= 11 is 0. The Hall–Kier alpha value is -1.49. The molecule has 0 saturated carbocycles. The Morgan fingerprint density at radius 1 is 1.41 bits per heavy atom. The molecule has 0 unspecified atom stereocenters. The fourth-order valence-corrected chi connectivity index (χ4v) is 1.51. The van der Waals surface area contributed by atoms with E-state index in [9.17, 15) is 9.90 Å². The molecule has 0 saturated heterocycles. The fourth-order valence-electron chi connectivity index (χ4n) is 1.51. The van der Waals surface area contributed by atoms with Crippen LogP contribution in [0.3, 0.4) is 0 Å². The Labute approximate surface area is 100 Å². The first-order valence-electron chi connectivity index (χ1n) is 5.35. The summed E-state index contributed by atoms with van der Waals surface area (Å²) in [7, 11) is 0. The van der Waals surface area contributed by atoms with Crippen LogP contribution in [0.2, 0.25) is 0 Å². The Morgan fingerprint density at radius 2 is 2.18 bits per heavy atom. The van der Waals surface area contributed by atoms with E-state index in [4.69, 9.17) is 5.26 Å². The number of allylic oxidation sites excluding steroid dienone is 1. The molecular weight excluding hydrogens is 220 g/mol. The molecule has 92 valence electrons. The zero-order chi connectivity index (χ0) is 12.7. The van der Waals surface area contributed by atoms with Gasteiger partial charge in [0.1, 0.15) is 0 Å². The highest BCUT2D eigenvalue weighted by Gasteiger charge is 2.02. The highest BCUT2D eigenvalue weighted by molar-refractivity contribution is 5.91. The lowest BCUT2D eigenvalue weighted by atomic mass is 10.0. The van der Waals surface area contributed by atoms with Crippen molar-refractivity contribution in [3.63, 3.8) is 0 Å². The molecule has 0 amide bonds. The quantitative estimate of drug-likeness (QED) is 0.449. The number of hydrogen-bond donors (Lipinski definition) is 2. The lowest BCUT2D eigenvalue weighted by molar-refractivity contribution is -0.241. The molecule has 0 bridgehead atoms. The molecule has 17 heavy (non-hydrogen) atoms. The van der Waals surface area contributed by atoms with Gasteiger partial charge in [0, 0.05) is 0 Å². The van der Waals surface area contributed by atoms with Crippen molar-refractivity contribution in [2.45, 2.75) is 20.0 Å². The number of benzene rings is 1. The average molecular weight is 236 g/mol. The second-order valence-electron chi connectivity index (χ2n) is 3.71. The van der Waals surface area contributed by atoms with Crippen molar-refractivity contribution in [1.82, 2.24) is 0 Å². The van der Waals surface area contributed by atoms with Crippen molar-refractivity contribution in [3.8, 4) is 0 Å². The summed E-state index contributed by atoms with van der Waals surface area (Å²) in [6.07, 6.45) is 3.71. The molecular formula is C13H16O4. The van der Waals surface area contributed by atoms with Crippen LogP contribution in [-0.2, 0) is 22.7 Å². The lowest BCUT2D eigenvalue weighted by Gasteiger charge is -2.07. The van der Waals surface area contributed by atoms with E-state index in [0.717, 1.165) is 16.7 Å². The summed E-state index contributed by atoms with van der Waals surface area (Å²) < 4.78 is 0. The van der Waals surface area contributed by atoms with E-state index in [1.54, 1.807) is 6.08 Å². The van der Waals surface area contributed by atoms with Gasteiger partial charge in [-0.15, -0.1) is 0 Å². The van der Waals surface area contributed by atoms with Gasteiger partial charge in [-0.3, -0.25) is 10.1 Å². The predicted octanol–water partition coefficient (Wildman–Crippen LogP) is 1.81. The highest BCUT2D eigenvalue weighted by Crippen LogP contribution is 2.14. The second-order valence-corrected chi connectivity index (χ2v) is 3.71. The van der Waals surface area contributed by atoms with Crippen molar-refractivity contribution < 1.29 is 20.0 Å². The Balaban J connectivity index is 2.87. The summed E-state index contributed by atoms with van der Waals surface area (Å²) in [4.78, 5) is 14.8. The van der Waals surface area contributed by atoms with Gasteiger partial charge in [-0.05, 0) is 42.2 Å². The molecule has 2 N–H and O–H groups in total. The summed E-state index contributed by atoms with van der Waals surface area (Å²) in [5, 5.41) is 17.5. The van der Waals surface area contributed by atoms with E-state index in [-0.39, 0.29) is 19.0 Å². The minimum absolute atomic E-state index is 0.0201. The van der Waals surface area contributed by atoms with Gasteiger partial charge >= 0.3 is 0 Å². The first kappa shape index (κ1) is 13.6. The molecule has 0 fully saturated rings. The van der Waals surface area contributed by atoms with Gasteiger partial charge in [0.15, 0.2) is 5.78 Å². The van der Waals surface area contributed by atoms with Crippen LogP contribution < -0.4 is 0 Å². The van der Waals surface area contributed by atoms with Crippen molar-refractivity contribution in [1.29, 1.82) is 0 Å². The SMILES string of the molecule is CC(=O)C=Cc1ccc(CCOO)c(CO)c1. The van der Waals surface area contributed by atoms with Gasteiger partial charge in [-0.1, -0.05) is 18.2 Å². The number of carbonyl (C=O) groups is 1. The van der Waals surface area contributed by atoms with Crippen molar-refractivity contribution >= 4 is 11.9 Å². The zero-order valence-electron chi connectivity index (χ0n) is 9.72. The summed E-state index contributed by atoms with van der Waals surface area (Å²) in [5.74, 6) is -0.0201. The first-order valence-corrected chi connectivity index (χ1v) is 5.35. The minimum atomic E-state index is -0.0808. The van der Waals surface area contributed by atoms with Crippen LogP contribution in [0.5, 0.6) is 0 Å². The van der Waals surface area contributed by atoms with Crippen LogP contribution in [0.4, 0.5) is 0 Å². The van der Waals surface area contributed by atoms with Gasteiger partial charge in [0.05, 0.1) is 13.2 Å². The summed E-state index contributed by atoms with van der Waals surface area (Å²) in [5.41, 5.74) is 2.55. The van der Waals surface area contributed by atoms with Crippen molar-refractivity contribution in [3.05, 3.63) is 41.0 Å². The van der Waals surface area contributed by atoms with E-state index in [1.807, 2.05) is 18.2 Å². The molecule has 4 heteroatoms. The number of ketones is 1. The standard InChI is InChI=1S/C13H16O4/c1-10(15)2-3-11-4-5-12(6-7-17-16)13(8-11)9-14/h2-5,8,14,16H,6-7,9H2,1H3. The molecule has 0 aromatic heterocycles. The Bertz CT molecular complexity index is 410. The van der Waals surface area contributed by atoms with Crippen LogP contribution in [0, 0.1) is 0 Å². The Morgan fingerprint density at radius 3 is 2.76 bits per heavy atom. The second kappa shape index (κ2) is 6.96. The van der Waals surface area contributed by atoms with E-state index in [1.165, 1.54) is 13.0 Å². The molecule has 0 heterocycles. The molecule has 0 atom stereocenters. The fraction of sp³-hybridized carbons (Fsp3) is 0.308. The van der Waals surface area contributed by atoms with Crippen LogP contribution in [0.15, 0.2) is 24.3 Å². The number of rotatable bonds is 6. The molecule has 4 nitrogen and oxygen atoms in total. The molecule has 0 radical (unpaired) electrons. The maximum Gasteiger partial charge on any atom is 0.152 e. The summed E-state index contributed by atoms with van der Waals surface area (Å²) in [6, 6.07) is 5.52. The van der Waals surface area contributed by atoms with Gasteiger partial charge in [0.2, 0.25) is 0 Å². The van der Waals surface area contributed by atoms with Crippen LogP contribution >= 0.6 is 0 Å². The third-order valence-electron chi connectivity index (χ3n) is 2.37. The number of hydrogen-bond acceptors (Lipinski definition) is 4. The third kappa shape index (κ3) is 4.48. The molecule has 0 aliphatic rings. The van der Waals surface area contributed by atoms with Crippen molar-refractivity contribution in [2.75, 3.05) is 6.61 Å². The number of aliphatic hydroxyl groups excluding tert-OH is 1. The maximum absolute atomic E-state index is 10.8. The largest absolute Gasteiger partial charge is 0.392 e. The third-order valence-corrected chi connectivity index (χ3v) is 2.37. The summed E-state index contributed by atoms with van der Waals surface area (Å²) in [6.45, 7) is 1.59. The first-order chi connectivity index (χ1) is 8.17. The van der Waals surface area contributed by atoms with Crippen LogP contribution in [0.1, 0.15) is 23.6 Å². The topological polar surface area (TPSA) is 66.8 Å². The monoisotopic (exact) mass is 236 g/mol. The van der Waals surface area contributed by atoms with E-state index >= 15 is 0 Å². The minimum Gasteiger partial charge on any atom is -0.392 e. The molecule has 1 aromatic rings. The molecule has 0 aliphatic heterocycles. The lowest BCUT2D eigenvalue weighted by Crippen LogP contribution is -2.00. The smallest absolute Gasteiger partial charge is 0.152 e. The van der Waals surface area contributed by atoms with E-state index in [2.05, 4.69) is 4.89 Å². The van der Waals surface area contributed by atoms with Crippen LogP contribution in [0.25, 0.3) is 6.08 Å². The van der Waals surface area contributed by atoms with Crippen LogP contribution in [-0.4, -0.2) is 22.8 Å². The average Bonchev–Trinajstić information content (AvgIpc) is 2.34. The molecule has 0 aliphatic carbocycles.